The fraction of sp³-hybridized carbons (Fsp3) is 0.333. The van der Waals surface area contributed by atoms with Crippen LogP contribution in [-0.4, -0.2) is 58.0 Å². The molecule has 0 unspecified atom stereocenters. The van der Waals surface area contributed by atoms with Crippen LogP contribution in [-0.2, 0) is 4.79 Å². The van der Waals surface area contributed by atoms with Gasteiger partial charge in [-0.3, -0.25) is 9.89 Å². The lowest BCUT2D eigenvalue weighted by Crippen LogP contribution is -2.47. The van der Waals surface area contributed by atoms with Gasteiger partial charge in [0.05, 0.1) is 11.7 Å². The molecule has 0 saturated carbocycles. The molecule has 3 aromatic rings. The maximum Gasteiger partial charge on any atom is 0.254 e. The van der Waals surface area contributed by atoms with E-state index in [0.717, 1.165) is 34.0 Å². The van der Waals surface area contributed by atoms with Crippen LogP contribution in [0.3, 0.4) is 0 Å². The standard InChI is InChI=1S/C21H22BrN3O4/c22-15-1-3-16(4-2-15)28-13-20(26)21(27)25-9-7-17(8-10-25)29-18-5-6-19-14(11-18)12-23-24-19/h1-6,11-12,17,20,26H,7-10,13H2,(H,23,24)/t20-/m1/s1. The Bertz CT molecular complexity index is 967. The first kappa shape index (κ1) is 19.7. The number of benzene rings is 2. The van der Waals surface area contributed by atoms with Crippen LogP contribution in [0.4, 0.5) is 0 Å². The highest BCUT2D eigenvalue weighted by Gasteiger charge is 2.28. The van der Waals surface area contributed by atoms with Crippen LogP contribution < -0.4 is 9.47 Å². The van der Waals surface area contributed by atoms with E-state index >= 15 is 0 Å². The Labute approximate surface area is 176 Å². The third kappa shape index (κ3) is 4.89. The molecule has 8 heteroatoms. The van der Waals surface area contributed by atoms with Gasteiger partial charge in [-0.05, 0) is 42.5 Å². The number of hydrogen-bond donors (Lipinski definition) is 2. The fourth-order valence-electron chi connectivity index (χ4n) is 3.37. The maximum atomic E-state index is 12.5. The van der Waals surface area contributed by atoms with Crippen LogP contribution in [0.25, 0.3) is 10.9 Å². The van der Waals surface area contributed by atoms with Crippen molar-refractivity contribution in [3.8, 4) is 11.5 Å². The number of aromatic nitrogens is 2. The summed E-state index contributed by atoms with van der Waals surface area (Å²) < 4.78 is 12.5. The van der Waals surface area contributed by atoms with Crippen molar-refractivity contribution >= 4 is 32.7 Å². The first-order valence-corrected chi connectivity index (χ1v) is 10.3. The van der Waals surface area contributed by atoms with Crippen molar-refractivity contribution in [3.05, 3.63) is 53.1 Å². The fourth-order valence-corrected chi connectivity index (χ4v) is 3.63. The van der Waals surface area contributed by atoms with Gasteiger partial charge in [-0.25, -0.2) is 0 Å². The quantitative estimate of drug-likeness (QED) is 0.590. The Hall–Kier alpha value is -2.58. The van der Waals surface area contributed by atoms with E-state index < -0.39 is 6.10 Å². The number of likely N-dealkylation sites (tertiary alicyclic amines) is 1. The zero-order valence-corrected chi connectivity index (χ0v) is 17.3. The molecule has 4 rings (SSSR count). The molecule has 1 aliphatic heterocycles. The number of nitrogens with one attached hydrogen (secondary N) is 1. The first-order valence-electron chi connectivity index (χ1n) is 9.53. The molecule has 1 fully saturated rings. The van der Waals surface area contributed by atoms with Crippen molar-refractivity contribution in [2.24, 2.45) is 0 Å². The predicted octanol–water partition coefficient (Wildman–Crippen LogP) is 3.14. The summed E-state index contributed by atoms with van der Waals surface area (Å²) in [6.45, 7) is 1.03. The van der Waals surface area contributed by atoms with Gasteiger partial charge in [0.15, 0.2) is 6.10 Å². The molecule has 2 aromatic carbocycles. The highest BCUT2D eigenvalue weighted by molar-refractivity contribution is 9.10. The number of H-pyrrole nitrogens is 1. The van der Waals surface area contributed by atoms with Crippen molar-refractivity contribution in [1.29, 1.82) is 0 Å². The Morgan fingerprint density at radius 3 is 2.69 bits per heavy atom. The molecule has 0 bridgehead atoms. The molecule has 2 heterocycles. The summed E-state index contributed by atoms with van der Waals surface area (Å²) in [6.07, 6.45) is 2.06. The van der Waals surface area contributed by atoms with Gasteiger partial charge < -0.3 is 19.5 Å². The minimum absolute atomic E-state index is 0.0413. The van der Waals surface area contributed by atoms with E-state index in [2.05, 4.69) is 26.1 Å². The van der Waals surface area contributed by atoms with Gasteiger partial charge in [-0.2, -0.15) is 5.10 Å². The molecular weight excluding hydrogens is 438 g/mol. The van der Waals surface area contributed by atoms with Gasteiger partial charge >= 0.3 is 0 Å². The largest absolute Gasteiger partial charge is 0.490 e. The number of carbonyl (C=O) groups is 1. The molecule has 2 N–H and O–H groups in total. The molecule has 152 valence electrons. The van der Waals surface area contributed by atoms with Crippen LogP contribution in [0.5, 0.6) is 11.5 Å². The second-order valence-electron chi connectivity index (χ2n) is 7.04. The number of ether oxygens (including phenoxy) is 2. The molecule has 1 amide bonds. The van der Waals surface area contributed by atoms with Crippen LogP contribution >= 0.6 is 15.9 Å². The SMILES string of the molecule is O=C([C@H](O)COc1ccc(Br)cc1)N1CCC(Oc2ccc3[nH]ncc3c2)CC1. The van der Waals surface area contributed by atoms with Crippen molar-refractivity contribution in [2.75, 3.05) is 19.7 Å². The number of amides is 1. The van der Waals surface area contributed by atoms with E-state index in [4.69, 9.17) is 9.47 Å². The predicted molar refractivity (Wildman–Crippen MR) is 112 cm³/mol. The topological polar surface area (TPSA) is 87.7 Å². The van der Waals surface area contributed by atoms with Crippen LogP contribution in [0.2, 0.25) is 0 Å². The normalized spacial score (nSPS) is 16.0. The van der Waals surface area contributed by atoms with Gasteiger partial charge in [0, 0.05) is 35.8 Å². The molecule has 1 atom stereocenters. The van der Waals surface area contributed by atoms with Gasteiger partial charge in [0.25, 0.3) is 5.91 Å². The minimum atomic E-state index is -1.18. The van der Waals surface area contributed by atoms with Crippen LogP contribution in [0.1, 0.15) is 12.8 Å². The molecule has 29 heavy (non-hydrogen) atoms. The van der Waals surface area contributed by atoms with Gasteiger partial charge in [-0.1, -0.05) is 15.9 Å². The van der Waals surface area contributed by atoms with E-state index in [-0.39, 0.29) is 18.6 Å². The third-order valence-electron chi connectivity index (χ3n) is 4.97. The Balaban J connectivity index is 1.24. The number of aromatic amines is 1. The number of nitrogens with zero attached hydrogens (tertiary/aromatic N) is 2. The van der Waals surface area contributed by atoms with Gasteiger partial charge in [-0.15, -0.1) is 0 Å². The maximum absolute atomic E-state index is 12.5. The summed E-state index contributed by atoms with van der Waals surface area (Å²) in [5, 5.41) is 18.1. The summed E-state index contributed by atoms with van der Waals surface area (Å²) in [4.78, 5) is 14.2. The number of fused-ring (bicyclic) bond motifs is 1. The van der Waals surface area contributed by atoms with Crippen molar-refractivity contribution in [3.63, 3.8) is 0 Å². The zero-order valence-electron chi connectivity index (χ0n) is 15.8. The zero-order chi connectivity index (χ0) is 20.2. The molecule has 0 aliphatic carbocycles. The molecule has 0 spiro atoms. The van der Waals surface area contributed by atoms with Crippen molar-refractivity contribution < 1.29 is 19.4 Å². The molecular formula is C21H22BrN3O4. The number of aliphatic hydroxyl groups is 1. The van der Waals surface area contributed by atoms with E-state index in [1.54, 1.807) is 23.2 Å². The molecule has 1 saturated heterocycles. The van der Waals surface area contributed by atoms with Crippen LogP contribution in [0, 0.1) is 0 Å². The highest BCUT2D eigenvalue weighted by atomic mass is 79.9. The second-order valence-corrected chi connectivity index (χ2v) is 7.96. The lowest BCUT2D eigenvalue weighted by molar-refractivity contribution is -0.143. The van der Waals surface area contributed by atoms with E-state index in [0.29, 0.717) is 18.8 Å². The Morgan fingerprint density at radius 1 is 1.21 bits per heavy atom. The number of carbonyl (C=O) groups excluding carboxylic acids is 1. The van der Waals surface area contributed by atoms with Gasteiger partial charge in [0.1, 0.15) is 24.2 Å². The summed E-state index contributed by atoms with van der Waals surface area (Å²) in [5.74, 6) is 1.11. The molecule has 0 radical (unpaired) electrons. The average molecular weight is 460 g/mol. The number of hydrogen-bond acceptors (Lipinski definition) is 5. The number of rotatable bonds is 6. The smallest absolute Gasteiger partial charge is 0.254 e. The lowest BCUT2D eigenvalue weighted by atomic mass is 10.1. The third-order valence-corrected chi connectivity index (χ3v) is 5.50. The number of aliphatic hydroxyl groups excluding tert-OH is 1. The summed E-state index contributed by atoms with van der Waals surface area (Å²) in [5.41, 5.74) is 0.970. The number of halogens is 1. The molecule has 1 aliphatic rings. The minimum Gasteiger partial charge on any atom is -0.490 e. The van der Waals surface area contributed by atoms with Crippen molar-refractivity contribution in [1.82, 2.24) is 15.1 Å². The van der Waals surface area contributed by atoms with Crippen molar-refractivity contribution in [2.45, 2.75) is 25.0 Å². The number of piperidine rings is 1. The Kier molecular flexibility index (Phi) is 6.01. The molecule has 7 nitrogen and oxygen atoms in total. The monoisotopic (exact) mass is 459 g/mol. The van der Waals surface area contributed by atoms with Crippen LogP contribution in [0.15, 0.2) is 53.1 Å². The molecule has 1 aromatic heterocycles. The lowest BCUT2D eigenvalue weighted by Gasteiger charge is -2.33. The highest BCUT2D eigenvalue weighted by Crippen LogP contribution is 2.23. The van der Waals surface area contributed by atoms with E-state index in [9.17, 15) is 9.90 Å². The Morgan fingerprint density at radius 2 is 1.93 bits per heavy atom. The first-order chi connectivity index (χ1) is 14.1. The summed E-state index contributed by atoms with van der Waals surface area (Å²) in [7, 11) is 0. The van der Waals surface area contributed by atoms with E-state index in [1.807, 2.05) is 30.3 Å². The summed E-state index contributed by atoms with van der Waals surface area (Å²) in [6, 6.07) is 13.1. The second kappa shape index (κ2) is 8.84. The van der Waals surface area contributed by atoms with E-state index in [1.165, 1.54) is 0 Å². The van der Waals surface area contributed by atoms with Gasteiger partial charge in [0.2, 0.25) is 0 Å². The summed E-state index contributed by atoms with van der Waals surface area (Å²) >= 11 is 3.35. The average Bonchev–Trinajstić information content (AvgIpc) is 3.21.